The van der Waals surface area contributed by atoms with Crippen LogP contribution < -0.4 is 4.72 Å². The van der Waals surface area contributed by atoms with Gasteiger partial charge in [-0.2, -0.15) is 0 Å². The van der Waals surface area contributed by atoms with Crippen LogP contribution in [0.1, 0.15) is 22.8 Å². The molecule has 0 radical (unpaired) electrons. The molecule has 7 nitrogen and oxygen atoms in total. The van der Waals surface area contributed by atoms with Gasteiger partial charge in [0.25, 0.3) is 0 Å². The molecule has 0 aromatic heterocycles. The Morgan fingerprint density at radius 2 is 1.76 bits per heavy atom. The summed E-state index contributed by atoms with van der Waals surface area (Å²) in [5.41, 5.74) is 0.525. The average Bonchev–Trinajstić information content (AvgIpc) is 2.37. The fraction of sp³-hybridized carbons (Fsp3) is 0.385. The summed E-state index contributed by atoms with van der Waals surface area (Å²) in [6.07, 6.45) is 0. The Balaban J connectivity index is 2.76. The van der Waals surface area contributed by atoms with E-state index >= 15 is 0 Å². The number of hydrogen-bond donors (Lipinski definition) is 2. The van der Waals surface area contributed by atoms with Crippen LogP contribution in [0, 0.1) is 0 Å². The molecule has 1 aromatic carbocycles. The summed E-state index contributed by atoms with van der Waals surface area (Å²) in [6.45, 7) is 1.47. The lowest BCUT2D eigenvalue weighted by Crippen LogP contribution is -2.44. The van der Waals surface area contributed by atoms with Crippen molar-refractivity contribution >= 4 is 21.9 Å². The molecule has 1 aromatic rings. The van der Waals surface area contributed by atoms with Crippen molar-refractivity contribution in [3.63, 3.8) is 0 Å². The van der Waals surface area contributed by atoms with Gasteiger partial charge in [0.05, 0.1) is 17.4 Å². The molecule has 1 amide bonds. The SMILES string of the molecule is CC(NS(=O)(=O)Cc1ccc(C(=O)O)cc1)C(=O)N(C)C. The van der Waals surface area contributed by atoms with Gasteiger partial charge in [-0.15, -0.1) is 0 Å². The molecule has 1 rings (SSSR count). The van der Waals surface area contributed by atoms with Crippen molar-refractivity contribution in [3.05, 3.63) is 35.4 Å². The van der Waals surface area contributed by atoms with Crippen molar-refractivity contribution in [2.45, 2.75) is 18.7 Å². The Morgan fingerprint density at radius 1 is 1.24 bits per heavy atom. The Hall–Kier alpha value is -1.93. The van der Waals surface area contributed by atoms with Gasteiger partial charge < -0.3 is 10.0 Å². The zero-order chi connectivity index (χ0) is 16.2. The summed E-state index contributed by atoms with van der Waals surface area (Å²) in [5, 5.41) is 8.77. The number of benzene rings is 1. The third kappa shape index (κ3) is 5.16. The molecule has 2 N–H and O–H groups in total. The molecule has 1 unspecified atom stereocenters. The van der Waals surface area contributed by atoms with Crippen molar-refractivity contribution in [3.8, 4) is 0 Å². The van der Waals surface area contributed by atoms with Crippen molar-refractivity contribution < 1.29 is 23.1 Å². The van der Waals surface area contributed by atoms with Crippen LogP contribution in [0.5, 0.6) is 0 Å². The number of carboxylic acid groups (broad SMARTS) is 1. The van der Waals surface area contributed by atoms with E-state index in [-0.39, 0.29) is 17.2 Å². The van der Waals surface area contributed by atoms with Gasteiger partial charge >= 0.3 is 5.97 Å². The van der Waals surface area contributed by atoms with E-state index in [1.165, 1.54) is 50.2 Å². The molecule has 0 saturated carbocycles. The molecular weight excluding hydrogens is 296 g/mol. The number of carboxylic acids is 1. The summed E-state index contributed by atoms with van der Waals surface area (Å²) in [5.74, 6) is -1.75. The van der Waals surface area contributed by atoms with Crippen LogP contribution in [0.4, 0.5) is 0 Å². The lowest BCUT2D eigenvalue weighted by atomic mass is 10.1. The number of carbonyl (C=O) groups is 2. The van der Waals surface area contributed by atoms with E-state index in [1.807, 2.05) is 0 Å². The van der Waals surface area contributed by atoms with Crippen molar-refractivity contribution in [1.82, 2.24) is 9.62 Å². The van der Waals surface area contributed by atoms with Crippen LogP contribution in [-0.2, 0) is 20.6 Å². The van der Waals surface area contributed by atoms with Gasteiger partial charge in [0, 0.05) is 14.1 Å². The monoisotopic (exact) mass is 314 g/mol. The maximum atomic E-state index is 12.0. The first kappa shape index (κ1) is 17.1. The molecule has 0 spiro atoms. The maximum Gasteiger partial charge on any atom is 0.335 e. The predicted octanol–water partition coefficient (Wildman–Crippen LogP) is 0.281. The van der Waals surface area contributed by atoms with Gasteiger partial charge in [0.1, 0.15) is 0 Å². The lowest BCUT2D eigenvalue weighted by molar-refractivity contribution is -0.130. The number of amides is 1. The second-order valence-electron chi connectivity index (χ2n) is 4.83. The molecular formula is C13H18N2O5S. The zero-order valence-corrected chi connectivity index (χ0v) is 12.8. The summed E-state index contributed by atoms with van der Waals surface area (Å²) in [4.78, 5) is 23.6. The highest BCUT2D eigenvalue weighted by Gasteiger charge is 2.21. The van der Waals surface area contributed by atoms with Crippen molar-refractivity contribution in [1.29, 1.82) is 0 Å². The number of likely N-dealkylation sites (N-methyl/N-ethyl adjacent to an activating group) is 1. The van der Waals surface area contributed by atoms with Crippen LogP contribution in [0.15, 0.2) is 24.3 Å². The Labute approximate surface area is 123 Å². The van der Waals surface area contributed by atoms with E-state index in [0.717, 1.165) is 0 Å². The summed E-state index contributed by atoms with van der Waals surface area (Å²) in [6, 6.07) is 4.68. The number of nitrogens with one attached hydrogen (secondary N) is 1. The first-order valence-electron chi connectivity index (χ1n) is 6.16. The average molecular weight is 314 g/mol. The highest BCUT2D eigenvalue weighted by molar-refractivity contribution is 7.88. The second-order valence-corrected chi connectivity index (χ2v) is 6.59. The summed E-state index contributed by atoms with van der Waals surface area (Å²) >= 11 is 0. The Bertz CT molecular complexity index is 622. The minimum Gasteiger partial charge on any atom is -0.478 e. The molecule has 0 aliphatic carbocycles. The van der Waals surface area contributed by atoms with E-state index in [4.69, 9.17) is 5.11 Å². The van der Waals surface area contributed by atoms with Gasteiger partial charge in [-0.05, 0) is 24.6 Å². The van der Waals surface area contributed by atoms with E-state index < -0.39 is 22.0 Å². The minimum atomic E-state index is -3.69. The van der Waals surface area contributed by atoms with Crippen molar-refractivity contribution in [2.24, 2.45) is 0 Å². The van der Waals surface area contributed by atoms with Gasteiger partial charge in [-0.25, -0.2) is 17.9 Å². The van der Waals surface area contributed by atoms with Gasteiger partial charge in [-0.3, -0.25) is 4.79 Å². The zero-order valence-electron chi connectivity index (χ0n) is 12.0. The highest BCUT2D eigenvalue weighted by Crippen LogP contribution is 2.08. The number of carbonyl (C=O) groups excluding carboxylic acids is 1. The summed E-state index contributed by atoms with van der Waals surface area (Å²) < 4.78 is 26.2. The second kappa shape index (κ2) is 6.68. The molecule has 116 valence electrons. The molecule has 0 aliphatic rings. The third-order valence-electron chi connectivity index (χ3n) is 2.73. The van der Waals surface area contributed by atoms with E-state index in [1.54, 1.807) is 0 Å². The smallest absolute Gasteiger partial charge is 0.335 e. The van der Waals surface area contributed by atoms with E-state index in [0.29, 0.717) is 5.56 Å². The van der Waals surface area contributed by atoms with Gasteiger partial charge in [0.15, 0.2) is 0 Å². The standard InChI is InChI=1S/C13H18N2O5S/c1-9(12(16)15(2)3)14-21(19,20)8-10-4-6-11(7-5-10)13(17)18/h4-7,9,14H,8H2,1-3H3,(H,17,18). The van der Waals surface area contributed by atoms with Crippen LogP contribution >= 0.6 is 0 Å². The number of sulfonamides is 1. The molecule has 0 heterocycles. The quantitative estimate of drug-likeness (QED) is 0.785. The van der Waals surface area contributed by atoms with Crippen LogP contribution in [0.2, 0.25) is 0 Å². The first-order chi connectivity index (χ1) is 9.62. The third-order valence-corrected chi connectivity index (χ3v) is 4.15. The number of aromatic carboxylic acids is 1. The van der Waals surface area contributed by atoms with Crippen LogP contribution in [-0.4, -0.2) is 50.4 Å². The maximum absolute atomic E-state index is 12.0. The first-order valence-corrected chi connectivity index (χ1v) is 7.81. The molecule has 0 fully saturated rings. The highest BCUT2D eigenvalue weighted by atomic mass is 32.2. The Morgan fingerprint density at radius 3 is 2.19 bits per heavy atom. The molecule has 0 saturated heterocycles. The molecule has 8 heteroatoms. The number of nitrogens with zero attached hydrogens (tertiary/aromatic N) is 1. The number of hydrogen-bond acceptors (Lipinski definition) is 4. The largest absolute Gasteiger partial charge is 0.478 e. The topological polar surface area (TPSA) is 104 Å². The van der Waals surface area contributed by atoms with Gasteiger partial charge in [0.2, 0.25) is 15.9 Å². The Kier molecular flexibility index (Phi) is 5.45. The predicted molar refractivity (Wildman–Crippen MR) is 77.3 cm³/mol. The normalized spacial score (nSPS) is 12.7. The van der Waals surface area contributed by atoms with E-state index in [9.17, 15) is 18.0 Å². The summed E-state index contributed by atoms with van der Waals surface area (Å²) in [7, 11) is -0.612. The fourth-order valence-electron chi connectivity index (χ4n) is 1.71. The molecule has 1 atom stereocenters. The minimum absolute atomic E-state index is 0.0836. The number of rotatable bonds is 6. The van der Waals surface area contributed by atoms with Crippen LogP contribution in [0.25, 0.3) is 0 Å². The lowest BCUT2D eigenvalue weighted by Gasteiger charge is -2.18. The van der Waals surface area contributed by atoms with Crippen molar-refractivity contribution in [2.75, 3.05) is 14.1 Å². The molecule has 21 heavy (non-hydrogen) atoms. The molecule has 0 bridgehead atoms. The van der Waals surface area contributed by atoms with Gasteiger partial charge in [-0.1, -0.05) is 12.1 Å². The fourth-order valence-corrected chi connectivity index (χ4v) is 3.07. The van der Waals surface area contributed by atoms with E-state index in [2.05, 4.69) is 4.72 Å². The van der Waals surface area contributed by atoms with Crippen LogP contribution in [0.3, 0.4) is 0 Å². The molecule has 0 aliphatic heterocycles.